The van der Waals surface area contributed by atoms with Crippen LogP contribution in [0.15, 0.2) is 75.9 Å². The Balaban J connectivity index is 1.11. The van der Waals surface area contributed by atoms with Gasteiger partial charge in [-0.2, -0.15) is 0 Å². The number of anilines is 1. The Morgan fingerprint density at radius 1 is 0.970 bits per heavy atom. The molecule has 0 radical (unpaired) electrons. The van der Waals surface area contributed by atoms with Crippen LogP contribution in [0.2, 0.25) is 0 Å². The summed E-state index contributed by atoms with van der Waals surface area (Å²) in [4.78, 5) is 30.3. The molecule has 0 bridgehead atoms. The van der Waals surface area contributed by atoms with Gasteiger partial charge in [0.05, 0.1) is 17.6 Å². The lowest BCUT2D eigenvalue weighted by Gasteiger charge is -2.32. The monoisotopic (exact) mass is 440 g/mol. The smallest absolute Gasteiger partial charge is 0.326 e. The van der Waals surface area contributed by atoms with Gasteiger partial charge in [-0.25, -0.2) is 4.79 Å². The molecule has 6 rings (SSSR count). The Hall–Kier alpha value is -3.84. The van der Waals surface area contributed by atoms with Crippen molar-refractivity contribution in [3.05, 3.63) is 77.2 Å². The number of nitrogens with one attached hydrogen (secondary N) is 2. The van der Waals surface area contributed by atoms with Gasteiger partial charge >= 0.3 is 5.69 Å². The Kier molecular flexibility index (Phi) is 4.77. The van der Waals surface area contributed by atoms with Gasteiger partial charge in [0.15, 0.2) is 0 Å². The number of hydrogen-bond acceptors (Lipinski definition) is 4. The lowest BCUT2D eigenvalue weighted by atomic mass is 10.0. The number of likely N-dealkylation sites (tertiary alicyclic amines) is 1. The standard InChI is InChI=1S/C26H24N4O3/c31-25(27-17-9-10-24-20(15-17)19-5-1-4-8-23(19)33-24)16-29-13-11-18(12-14-29)30-22-7-3-2-6-21(22)28-26(30)32/h1-10,15,18H,11-14,16H2,(H,27,31)(H,28,32). The minimum absolute atomic E-state index is 0.0372. The highest BCUT2D eigenvalue weighted by Gasteiger charge is 2.24. The molecule has 2 N–H and O–H groups in total. The summed E-state index contributed by atoms with van der Waals surface area (Å²) in [5.41, 5.74) is 4.17. The fourth-order valence-corrected chi connectivity index (χ4v) is 4.98. The van der Waals surface area contributed by atoms with Gasteiger partial charge in [-0.3, -0.25) is 14.3 Å². The van der Waals surface area contributed by atoms with Crippen molar-refractivity contribution < 1.29 is 9.21 Å². The molecule has 5 aromatic rings. The van der Waals surface area contributed by atoms with Crippen LogP contribution in [0.25, 0.3) is 33.0 Å². The molecule has 7 nitrogen and oxygen atoms in total. The molecular weight excluding hydrogens is 416 g/mol. The Morgan fingerprint density at radius 2 is 1.73 bits per heavy atom. The molecule has 33 heavy (non-hydrogen) atoms. The summed E-state index contributed by atoms with van der Waals surface area (Å²) in [5, 5.41) is 5.06. The molecule has 1 saturated heterocycles. The first kappa shape index (κ1) is 19.8. The van der Waals surface area contributed by atoms with Gasteiger partial charge in [0, 0.05) is 35.6 Å². The third-order valence-electron chi connectivity index (χ3n) is 6.57. The molecule has 1 amide bonds. The van der Waals surface area contributed by atoms with E-state index in [2.05, 4.69) is 15.2 Å². The van der Waals surface area contributed by atoms with Gasteiger partial charge < -0.3 is 14.7 Å². The van der Waals surface area contributed by atoms with Crippen molar-refractivity contribution >= 4 is 44.6 Å². The molecular formula is C26H24N4O3. The van der Waals surface area contributed by atoms with Crippen LogP contribution in [-0.2, 0) is 4.79 Å². The number of piperidine rings is 1. The number of imidazole rings is 1. The molecule has 166 valence electrons. The summed E-state index contributed by atoms with van der Waals surface area (Å²) >= 11 is 0. The number of amides is 1. The average Bonchev–Trinajstić information content (AvgIpc) is 3.36. The highest BCUT2D eigenvalue weighted by molar-refractivity contribution is 6.07. The topological polar surface area (TPSA) is 83.3 Å². The second kappa shape index (κ2) is 7.94. The molecule has 1 fully saturated rings. The molecule has 0 saturated carbocycles. The van der Waals surface area contributed by atoms with Gasteiger partial charge in [0.1, 0.15) is 11.2 Å². The average molecular weight is 441 g/mol. The lowest BCUT2D eigenvalue weighted by Crippen LogP contribution is -2.40. The Bertz CT molecular complexity index is 1540. The van der Waals surface area contributed by atoms with Crippen LogP contribution in [0.3, 0.4) is 0 Å². The Labute approximate surface area is 189 Å². The number of carbonyl (C=O) groups excluding carboxylic acids is 1. The number of H-pyrrole nitrogens is 1. The van der Waals surface area contributed by atoms with E-state index in [0.717, 1.165) is 64.6 Å². The van der Waals surface area contributed by atoms with Gasteiger partial charge in [-0.05, 0) is 49.2 Å². The van der Waals surface area contributed by atoms with Crippen LogP contribution in [-0.4, -0.2) is 40.0 Å². The number of aromatic nitrogens is 2. The van der Waals surface area contributed by atoms with Gasteiger partial charge in [0.2, 0.25) is 5.91 Å². The summed E-state index contributed by atoms with van der Waals surface area (Å²) in [6.45, 7) is 1.88. The summed E-state index contributed by atoms with van der Waals surface area (Å²) < 4.78 is 7.73. The second-order valence-electron chi connectivity index (χ2n) is 8.68. The Morgan fingerprint density at radius 3 is 2.61 bits per heavy atom. The fraction of sp³-hybridized carbons (Fsp3) is 0.231. The first-order valence-electron chi connectivity index (χ1n) is 11.3. The predicted molar refractivity (Wildman–Crippen MR) is 130 cm³/mol. The number of fused-ring (bicyclic) bond motifs is 4. The second-order valence-corrected chi connectivity index (χ2v) is 8.68. The number of para-hydroxylation sites is 3. The molecule has 1 aliphatic heterocycles. The first-order valence-corrected chi connectivity index (χ1v) is 11.3. The fourth-order valence-electron chi connectivity index (χ4n) is 4.98. The molecule has 1 aliphatic rings. The summed E-state index contributed by atoms with van der Waals surface area (Å²) in [7, 11) is 0. The minimum Gasteiger partial charge on any atom is -0.456 e. The van der Waals surface area contributed by atoms with Crippen molar-refractivity contribution in [3.8, 4) is 0 Å². The zero-order valence-corrected chi connectivity index (χ0v) is 18.1. The number of hydrogen-bond donors (Lipinski definition) is 2. The molecule has 0 unspecified atom stereocenters. The maximum atomic E-state index is 12.7. The number of carbonyl (C=O) groups is 1. The van der Waals surface area contributed by atoms with Crippen LogP contribution in [0.5, 0.6) is 0 Å². The van der Waals surface area contributed by atoms with E-state index in [9.17, 15) is 9.59 Å². The number of aromatic amines is 1. The maximum absolute atomic E-state index is 12.7. The zero-order chi connectivity index (χ0) is 22.4. The molecule has 3 heterocycles. The number of rotatable bonds is 4. The van der Waals surface area contributed by atoms with Crippen LogP contribution >= 0.6 is 0 Å². The molecule has 2 aromatic heterocycles. The van der Waals surface area contributed by atoms with Gasteiger partial charge in [-0.1, -0.05) is 30.3 Å². The van der Waals surface area contributed by atoms with Gasteiger partial charge in [-0.15, -0.1) is 0 Å². The third-order valence-corrected chi connectivity index (χ3v) is 6.57. The van der Waals surface area contributed by atoms with Crippen molar-refractivity contribution in [1.29, 1.82) is 0 Å². The van der Waals surface area contributed by atoms with E-state index in [0.29, 0.717) is 6.54 Å². The normalized spacial score (nSPS) is 15.5. The largest absolute Gasteiger partial charge is 0.456 e. The van der Waals surface area contributed by atoms with E-state index >= 15 is 0 Å². The number of benzene rings is 3. The van der Waals surface area contributed by atoms with E-state index in [1.54, 1.807) is 0 Å². The number of furan rings is 1. The molecule has 3 aromatic carbocycles. The lowest BCUT2D eigenvalue weighted by molar-refractivity contribution is -0.117. The molecule has 0 aliphatic carbocycles. The van der Waals surface area contributed by atoms with E-state index in [1.165, 1.54) is 0 Å². The van der Waals surface area contributed by atoms with Crippen molar-refractivity contribution in [3.63, 3.8) is 0 Å². The van der Waals surface area contributed by atoms with E-state index in [4.69, 9.17) is 4.42 Å². The molecule has 0 atom stereocenters. The molecule has 0 spiro atoms. The molecule has 7 heteroatoms. The van der Waals surface area contributed by atoms with E-state index in [-0.39, 0.29) is 17.6 Å². The minimum atomic E-state index is -0.0606. The summed E-state index contributed by atoms with van der Waals surface area (Å²) in [6, 6.07) is 21.6. The van der Waals surface area contributed by atoms with Crippen molar-refractivity contribution in [2.45, 2.75) is 18.9 Å². The van der Waals surface area contributed by atoms with Crippen molar-refractivity contribution in [2.75, 3.05) is 25.0 Å². The van der Waals surface area contributed by atoms with Crippen LogP contribution in [0.1, 0.15) is 18.9 Å². The first-order chi connectivity index (χ1) is 16.2. The van der Waals surface area contributed by atoms with Gasteiger partial charge in [0.25, 0.3) is 0 Å². The van der Waals surface area contributed by atoms with Crippen LogP contribution in [0.4, 0.5) is 5.69 Å². The summed E-state index contributed by atoms with van der Waals surface area (Å²) in [6.07, 6.45) is 1.67. The van der Waals surface area contributed by atoms with E-state index < -0.39 is 0 Å². The SMILES string of the molecule is O=C(CN1CCC(n2c(=O)[nH]c3ccccc32)CC1)Nc1ccc2oc3ccccc3c2c1. The third kappa shape index (κ3) is 3.60. The predicted octanol–water partition coefficient (Wildman–Crippen LogP) is 4.50. The maximum Gasteiger partial charge on any atom is 0.326 e. The highest BCUT2D eigenvalue weighted by atomic mass is 16.3. The van der Waals surface area contributed by atoms with Crippen molar-refractivity contribution in [2.24, 2.45) is 0 Å². The van der Waals surface area contributed by atoms with Crippen LogP contribution < -0.4 is 11.0 Å². The van der Waals surface area contributed by atoms with Crippen LogP contribution in [0, 0.1) is 0 Å². The highest BCUT2D eigenvalue weighted by Crippen LogP contribution is 2.30. The summed E-state index contributed by atoms with van der Waals surface area (Å²) in [5.74, 6) is -0.0372. The van der Waals surface area contributed by atoms with E-state index in [1.807, 2.05) is 71.3 Å². The zero-order valence-electron chi connectivity index (χ0n) is 18.1. The van der Waals surface area contributed by atoms with Crippen molar-refractivity contribution in [1.82, 2.24) is 14.5 Å². The quantitative estimate of drug-likeness (QED) is 0.431. The number of nitrogens with zero attached hydrogens (tertiary/aromatic N) is 2.